The average molecular weight is 238 g/mol. The Labute approximate surface area is 101 Å². The number of rotatable bonds is 5. The Bertz CT molecular complexity index is 369. The largest absolute Gasteiger partial charge is 0.393 e. The molecule has 0 bridgehead atoms. The third-order valence-electron chi connectivity index (χ3n) is 3.72. The SMILES string of the molecule is COC1(CC(O)Cc2ccccc2F)CCC1. The Hall–Kier alpha value is -0.930. The van der Waals surface area contributed by atoms with Crippen LogP contribution in [0.1, 0.15) is 31.2 Å². The van der Waals surface area contributed by atoms with Gasteiger partial charge in [0.2, 0.25) is 0 Å². The fraction of sp³-hybridized carbons (Fsp3) is 0.571. The van der Waals surface area contributed by atoms with Gasteiger partial charge in [0.1, 0.15) is 5.82 Å². The molecule has 94 valence electrons. The van der Waals surface area contributed by atoms with E-state index in [0.29, 0.717) is 18.4 Å². The third kappa shape index (κ3) is 2.85. The summed E-state index contributed by atoms with van der Waals surface area (Å²) in [4.78, 5) is 0. The Morgan fingerprint density at radius 1 is 1.41 bits per heavy atom. The van der Waals surface area contributed by atoms with Crippen molar-refractivity contribution in [2.75, 3.05) is 7.11 Å². The van der Waals surface area contributed by atoms with Crippen molar-refractivity contribution < 1.29 is 14.2 Å². The van der Waals surface area contributed by atoms with Crippen molar-refractivity contribution in [3.05, 3.63) is 35.6 Å². The van der Waals surface area contributed by atoms with Gasteiger partial charge in [-0.1, -0.05) is 18.2 Å². The van der Waals surface area contributed by atoms with E-state index in [-0.39, 0.29) is 11.4 Å². The number of ether oxygens (including phenoxy) is 1. The van der Waals surface area contributed by atoms with E-state index in [1.165, 1.54) is 6.07 Å². The number of halogens is 1. The van der Waals surface area contributed by atoms with Crippen molar-refractivity contribution in [1.82, 2.24) is 0 Å². The maximum Gasteiger partial charge on any atom is 0.126 e. The molecule has 1 aliphatic carbocycles. The van der Waals surface area contributed by atoms with Crippen molar-refractivity contribution in [3.63, 3.8) is 0 Å². The molecule has 1 fully saturated rings. The van der Waals surface area contributed by atoms with Crippen LogP contribution in [0.4, 0.5) is 4.39 Å². The number of aliphatic hydroxyl groups is 1. The van der Waals surface area contributed by atoms with Gasteiger partial charge in [0.25, 0.3) is 0 Å². The highest BCUT2D eigenvalue weighted by Crippen LogP contribution is 2.39. The summed E-state index contributed by atoms with van der Waals surface area (Å²) in [6.45, 7) is 0. The molecule has 0 spiro atoms. The quantitative estimate of drug-likeness (QED) is 0.854. The van der Waals surface area contributed by atoms with E-state index < -0.39 is 6.10 Å². The van der Waals surface area contributed by atoms with Gasteiger partial charge in [-0.2, -0.15) is 0 Å². The van der Waals surface area contributed by atoms with Crippen molar-refractivity contribution >= 4 is 0 Å². The molecule has 3 heteroatoms. The monoisotopic (exact) mass is 238 g/mol. The standard InChI is InChI=1S/C14H19FO2/c1-17-14(7-4-8-14)10-12(16)9-11-5-2-3-6-13(11)15/h2-3,5-6,12,16H,4,7-10H2,1H3. The molecular formula is C14H19FO2. The summed E-state index contributed by atoms with van der Waals surface area (Å²) in [6.07, 6.45) is 3.57. The maximum absolute atomic E-state index is 13.4. The van der Waals surface area contributed by atoms with E-state index in [4.69, 9.17) is 4.74 Å². The van der Waals surface area contributed by atoms with Crippen LogP contribution in [0.25, 0.3) is 0 Å². The van der Waals surface area contributed by atoms with Gasteiger partial charge in [-0.05, 0) is 30.9 Å². The van der Waals surface area contributed by atoms with Gasteiger partial charge in [-0.15, -0.1) is 0 Å². The van der Waals surface area contributed by atoms with Gasteiger partial charge in [0.05, 0.1) is 11.7 Å². The summed E-state index contributed by atoms with van der Waals surface area (Å²) >= 11 is 0. The Morgan fingerprint density at radius 3 is 2.65 bits per heavy atom. The van der Waals surface area contributed by atoms with E-state index in [2.05, 4.69) is 0 Å². The van der Waals surface area contributed by atoms with Gasteiger partial charge >= 0.3 is 0 Å². The molecule has 1 aliphatic rings. The Morgan fingerprint density at radius 2 is 2.12 bits per heavy atom. The van der Waals surface area contributed by atoms with Crippen LogP contribution in [0.2, 0.25) is 0 Å². The minimum atomic E-state index is -0.535. The number of aliphatic hydroxyl groups excluding tert-OH is 1. The van der Waals surface area contributed by atoms with Crippen molar-refractivity contribution in [3.8, 4) is 0 Å². The van der Waals surface area contributed by atoms with Crippen LogP contribution in [0.15, 0.2) is 24.3 Å². The lowest BCUT2D eigenvalue weighted by Crippen LogP contribution is -2.42. The van der Waals surface area contributed by atoms with E-state index in [1.54, 1.807) is 25.3 Å². The molecule has 1 atom stereocenters. The molecule has 17 heavy (non-hydrogen) atoms. The Kier molecular flexibility index (Phi) is 3.79. The highest BCUT2D eigenvalue weighted by Gasteiger charge is 2.38. The predicted molar refractivity (Wildman–Crippen MR) is 64.3 cm³/mol. The second kappa shape index (κ2) is 5.15. The fourth-order valence-corrected chi connectivity index (χ4v) is 2.48. The molecule has 0 amide bonds. The van der Waals surface area contributed by atoms with Crippen molar-refractivity contribution in [2.24, 2.45) is 0 Å². The molecule has 0 aliphatic heterocycles. The summed E-state index contributed by atoms with van der Waals surface area (Å²) < 4.78 is 18.9. The van der Waals surface area contributed by atoms with E-state index in [1.807, 2.05) is 0 Å². The summed E-state index contributed by atoms with van der Waals surface area (Å²) in [6, 6.07) is 6.60. The van der Waals surface area contributed by atoms with Crippen molar-refractivity contribution in [2.45, 2.75) is 43.8 Å². The number of methoxy groups -OCH3 is 1. The van der Waals surface area contributed by atoms with Gasteiger partial charge in [-0.25, -0.2) is 4.39 Å². The van der Waals surface area contributed by atoms with Gasteiger partial charge in [0, 0.05) is 20.0 Å². The second-order valence-electron chi connectivity index (χ2n) is 4.89. The van der Waals surface area contributed by atoms with Gasteiger partial charge in [0.15, 0.2) is 0 Å². The number of hydrogen-bond donors (Lipinski definition) is 1. The molecule has 0 heterocycles. The van der Waals surface area contributed by atoms with E-state index in [9.17, 15) is 9.50 Å². The fourth-order valence-electron chi connectivity index (χ4n) is 2.48. The Balaban J connectivity index is 1.93. The van der Waals surface area contributed by atoms with E-state index >= 15 is 0 Å². The normalized spacial score (nSPS) is 19.7. The predicted octanol–water partition coefficient (Wildman–Crippen LogP) is 2.69. The highest BCUT2D eigenvalue weighted by molar-refractivity contribution is 5.18. The van der Waals surface area contributed by atoms with Crippen LogP contribution in [0.3, 0.4) is 0 Å². The molecule has 1 aromatic carbocycles. The molecule has 2 rings (SSSR count). The lowest BCUT2D eigenvalue weighted by Gasteiger charge is -2.41. The first-order valence-corrected chi connectivity index (χ1v) is 6.12. The zero-order valence-corrected chi connectivity index (χ0v) is 10.2. The third-order valence-corrected chi connectivity index (χ3v) is 3.72. The molecular weight excluding hydrogens is 219 g/mol. The summed E-state index contributed by atoms with van der Waals surface area (Å²) in [5, 5.41) is 10.0. The summed E-state index contributed by atoms with van der Waals surface area (Å²) in [7, 11) is 1.69. The summed E-state index contributed by atoms with van der Waals surface area (Å²) in [5.74, 6) is -0.244. The molecule has 1 N–H and O–H groups in total. The van der Waals surface area contributed by atoms with Crippen LogP contribution in [-0.4, -0.2) is 23.9 Å². The molecule has 0 saturated heterocycles. The lowest BCUT2D eigenvalue weighted by atomic mass is 9.75. The first-order valence-electron chi connectivity index (χ1n) is 6.12. The van der Waals surface area contributed by atoms with Gasteiger partial charge in [-0.3, -0.25) is 0 Å². The van der Waals surface area contributed by atoms with Crippen LogP contribution in [-0.2, 0) is 11.2 Å². The van der Waals surface area contributed by atoms with Crippen molar-refractivity contribution in [1.29, 1.82) is 0 Å². The number of benzene rings is 1. The van der Waals surface area contributed by atoms with Crippen LogP contribution >= 0.6 is 0 Å². The average Bonchev–Trinajstić information content (AvgIpc) is 2.27. The van der Waals surface area contributed by atoms with E-state index in [0.717, 1.165) is 19.3 Å². The second-order valence-corrected chi connectivity index (χ2v) is 4.89. The highest BCUT2D eigenvalue weighted by atomic mass is 19.1. The molecule has 1 aromatic rings. The molecule has 0 radical (unpaired) electrons. The summed E-state index contributed by atoms with van der Waals surface area (Å²) in [5.41, 5.74) is 0.413. The smallest absolute Gasteiger partial charge is 0.126 e. The molecule has 1 saturated carbocycles. The molecule has 1 unspecified atom stereocenters. The van der Waals surface area contributed by atoms with Crippen LogP contribution in [0, 0.1) is 5.82 Å². The zero-order chi connectivity index (χ0) is 12.3. The minimum Gasteiger partial charge on any atom is -0.393 e. The van der Waals surface area contributed by atoms with Gasteiger partial charge < -0.3 is 9.84 Å². The maximum atomic E-state index is 13.4. The van der Waals surface area contributed by atoms with Crippen LogP contribution in [0.5, 0.6) is 0 Å². The number of hydrogen-bond acceptors (Lipinski definition) is 2. The van der Waals surface area contributed by atoms with Crippen LogP contribution < -0.4 is 0 Å². The first-order chi connectivity index (χ1) is 8.15. The lowest BCUT2D eigenvalue weighted by molar-refractivity contribution is -0.0989. The molecule has 0 aromatic heterocycles. The first kappa shape index (κ1) is 12.5. The minimum absolute atomic E-state index is 0.162. The zero-order valence-electron chi connectivity index (χ0n) is 10.2. The molecule has 2 nitrogen and oxygen atoms in total. The topological polar surface area (TPSA) is 29.5 Å².